The maximum absolute atomic E-state index is 13.1. The first-order valence-electron chi connectivity index (χ1n) is 41.3. The van der Waals surface area contributed by atoms with Crippen molar-refractivity contribution in [3.05, 3.63) is 0 Å². The molecule has 0 rings (SSSR count). The SMILES string of the molecule is CCC(C)CCCCCCCCCCCCCCCCCCCCC(=O)O[C@H](COC(=O)CCCCCCCCCCCCCCCCC(C)C)COP(=O)(O)OCC(O)COP(=O)(O)OC[C@@H](COC(=O)CCCCCCCCCC(C)C)OC(=O)CCCCCCCCC(C)CC. The van der Waals surface area contributed by atoms with Gasteiger partial charge in [-0.15, -0.1) is 0 Å². The third kappa shape index (κ3) is 71.5. The van der Waals surface area contributed by atoms with Gasteiger partial charge in [-0.1, -0.05) is 357 Å². The summed E-state index contributed by atoms with van der Waals surface area (Å²) < 4.78 is 68.6. The van der Waals surface area contributed by atoms with Gasteiger partial charge in [0.05, 0.1) is 26.4 Å². The average molecular weight is 1450 g/mol. The lowest BCUT2D eigenvalue weighted by Gasteiger charge is -2.21. The van der Waals surface area contributed by atoms with Crippen molar-refractivity contribution in [2.45, 2.75) is 427 Å². The van der Waals surface area contributed by atoms with E-state index in [1.807, 2.05) is 0 Å². The van der Waals surface area contributed by atoms with E-state index in [-0.39, 0.29) is 25.7 Å². The van der Waals surface area contributed by atoms with Crippen LogP contribution < -0.4 is 0 Å². The number of carbonyl (C=O) groups excluding carboxylic acids is 4. The Kier molecular flexibility index (Phi) is 67.8. The smallest absolute Gasteiger partial charge is 0.462 e. The number of phosphoric ester groups is 2. The van der Waals surface area contributed by atoms with Crippen LogP contribution in [0.5, 0.6) is 0 Å². The molecule has 0 heterocycles. The number of carbonyl (C=O) groups is 4. The van der Waals surface area contributed by atoms with Crippen LogP contribution in [0.15, 0.2) is 0 Å². The Bertz CT molecular complexity index is 1940. The van der Waals surface area contributed by atoms with E-state index in [0.717, 1.165) is 114 Å². The van der Waals surface area contributed by atoms with Gasteiger partial charge < -0.3 is 33.8 Å². The third-order valence-corrected chi connectivity index (χ3v) is 21.2. The molecule has 0 aromatic heterocycles. The molecule has 0 aliphatic heterocycles. The molecule has 0 spiro atoms. The number of rotatable bonds is 77. The van der Waals surface area contributed by atoms with Crippen LogP contribution in [0.3, 0.4) is 0 Å². The van der Waals surface area contributed by atoms with Gasteiger partial charge in [0.2, 0.25) is 0 Å². The van der Waals surface area contributed by atoms with Crippen molar-refractivity contribution in [3.8, 4) is 0 Å². The first-order chi connectivity index (χ1) is 47.7. The van der Waals surface area contributed by atoms with Gasteiger partial charge in [0, 0.05) is 25.7 Å². The highest BCUT2D eigenvalue weighted by molar-refractivity contribution is 7.47. The van der Waals surface area contributed by atoms with Crippen LogP contribution >= 0.6 is 15.6 Å². The normalized spacial score (nSPS) is 14.6. The van der Waals surface area contributed by atoms with E-state index in [2.05, 4.69) is 55.4 Å². The second-order valence-electron chi connectivity index (χ2n) is 30.2. The Morgan fingerprint density at radius 3 is 0.717 bits per heavy atom. The molecule has 588 valence electrons. The summed E-state index contributed by atoms with van der Waals surface area (Å²) in [6, 6.07) is 0. The van der Waals surface area contributed by atoms with Crippen molar-refractivity contribution < 1.29 is 80.2 Å². The summed E-state index contributed by atoms with van der Waals surface area (Å²) in [5.74, 6) is 0.975. The van der Waals surface area contributed by atoms with Crippen molar-refractivity contribution >= 4 is 39.5 Å². The summed E-state index contributed by atoms with van der Waals surface area (Å²) in [7, 11) is -9.92. The molecule has 0 amide bonds. The van der Waals surface area contributed by atoms with Gasteiger partial charge in [-0.3, -0.25) is 37.3 Å². The number of aliphatic hydroxyl groups is 1. The van der Waals surface area contributed by atoms with Gasteiger partial charge >= 0.3 is 39.5 Å². The average Bonchev–Trinajstić information content (AvgIpc) is 1.18. The molecule has 0 saturated heterocycles. The molecule has 3 N–H and O–H groups in total. The molecule has 0 bridgehead atoms. The molecule has 0 saturated carbocycles. The highest BCUT2D eigenvalue weighted by Crippen LogP contribution is 2.45. The summed E-state index contributed by atoms with van der Waals surface area (Å²) in [6.07, 6.45) is 55.7. The van der Waals surface area contributed by atoms with Crippen LogP contribution in [0, 0.1) is 23.7 Å². The molecule has 0 aromatic carbocycles. The second-order valence-corrected chi connectivity index (χ2v) is 33.1. The fourth-order valence-electron chi connectivity index (χ4n) is 12.2. The fraction of sp³-hybridized carbons (Fsp3) is 0.950. The van der Waals surface area contributed by atoms with Crippen molar-refractivity contribution in [2.24, 2.45) is 23.7 Å². The first kappa shape index (κ1) is 97.1. The minimum absolute atomic E-state index is 0.102. The Morgan fingerprint density at radius 2 is 0.485 bits per heavy atom. The molecule has 0 radical (unpaired) electrons. The summed E-state index contributed by atoms with van der Waals surface area (Å²) >= 11 is 0. The molecule has 0 aliphatic rings. The number of esters is 4. The molecule has 7 atom stereocenters. The largest absolute Gasteiger partial charge is 0.472 e. The molecule has 99 heavy (non-hydrogen) atoms. The Morgan fingerprint density at radius 1 is 0.283 bits per heavy atom. The molecule has 19 heteroatoms. The highest BCUT2D eigenvalue weighted by atomic mass is 31.2. The van der Waals surface area contributed by atoms with Crippen LogP contribution in [0.2, 0.25) is 0 Å². The van der Waals surface area contributed by atoms with Crippen molar-refractivity contribution in [1.29, 1.82) is 0 Å². The molecule has 0 aliphatic carbocycles. The van der Waals surface area contributed by atoms with Gasteiger partial charge in [-0.05, 0) is 49.4 Å². The number of hydrogen-bond donors (Lipinski definition) is 3. The second kappa shape index (κ2) is 69.1. The van der Waals surface area contributed by atoms with Crippen LogP contribution in [0.4, 0.5) is 0 Å². The molecular weight excluding hydrogens is 1290 g/mol. The van der Waals surface area contributed by atoms with Crippen molar-refractivity contribution in [2.75, 3.05) is 39.6 Å². The molecule has 0 fully saturated rings. The number of phosphoric acid groups is 2. The Balaban J connectivity index is 5.20. The summed E-state index contributed by atoms with van der Waals surface area (Å²) in [6.45, 7) is 14.2. The highest BCUT2D eigenvalue weighted by Gasteiger charge is 2.30. The predicted molar refractivity (Wildman–Crippen MR) is 404 cm³/mol. The van der Waals surface area contributed by atoms with E-state index in [0.29, 0.717) is 31.6 Å². The topological polar surface area (TPSA) is 237 Å². The van der Waals surface area contributed by atoms with E-state index >= 15 is 0 Å². The zero-order valence-electron chi connectivity index (χ0n) is 65.1. The lowest BCUT2D eigenvalue weighted by molar-refractivity contribution is -0.161. The number of aliphatic hydroxyl groups excluding tert-OH is 1. The van der Waals surface area contributed by atoms with Crippen LogP contribution in [0.25, 0.3) is 0 Å². The molecule has 0 aromatic rings. The molecule has 5 unspecified atom stereocenters. The van der Waals surface area contributed by atoms with Gasteiger partial charge in [0.1, 0.15) is 19.3 Å². The van der Waals surface area contributed by atoms with Gasteiger partial charge in [0.15, 0.2) is 12.2 Å². The number of hydrogen-bond acceptors (Lipinski definition) is 15. The minimum atomic E-state index is -4.96. The van der Waals surface area contributed by atoms with Crippen LogP contribution in [0.1, 0.15) is 409 Å². The lowest BCUT2D eigenvalue weighted by Crippen LogP contribution is -2.30. The van der Waals surface area contributed by atoms with E-state index in [4.69, 9.17) is 37.0 Å². The predicted octanol–water partition coefficient (Wildman–Crippen LogP) is 23.6. The van der Waals surface area contributed by atoms with E-state index in [1.165, 1.54) is 205 Å². The van der Waals surface area contributed by atoms with Gasteiger partial charge in [-0.25, -0.2) is 9.13 Å². The third-order valence-electron chi connectivity index (χ3n) is 19.3. The monoisotopic (exact) mass is 1450 g/mol. The van der Waals surface area contributed by atoms with Gasteiger partial charge in [-0.2, -0.15) is 0 Å². The zero-order chi connectivity index (χ0) is 73.1. The quantitative estimate of drug-likeness (QED) is 0.0222. The zero-order valence-corrected chi connectivity index (χ0v) is 66.9. The fourth-order valence-corrected chi connectivity index (χ4v) is 13.8. The van der Waals surface area contributed by atoms with E-state index in [1.54, 1.807) is 0 Å². The summed E-state index contributed by atoms with van der Waals surface area (Å²) in [5.41, 5.74) is 0. The van der Waals surface area contributed by atoms with E-state index < -0.39 is 97.5 Å². The maximum Gasteiger partial charge on any atom is 0.472 e. The standard InChI is InChI=1S/C80H156O17P2/c1-9-72(7)58-50-42-34-28-24-20-15-13-11-12-14-16-22-26-30-36-46-54-62-79(84)96-75(66-90-77(82)60-52-44-35-29-25-21-18-17-19-23-27-32-40-48-56-70(3)4)68-94-98(86,87)92-64-74(81)65-93-99(88,89)95-69-76(97-80(85)63-55-47-39-38-43-51-59-73(8)10-2)67-91-78(83)61-53-45-37-31-33-41-49-57-71(5)6/h70-76,81H,9-69H2,1-8H3,(H,86,87)(H,88,89)/t72?,73?,74?,75-,76-/m1/s1. The number of unbranched alkanes of at least 4 members (excludes halogenated alkanes) is 41. The summed E-state index contributed by atoms with van der Waals surface area (Å²) in [5, 5.41) is 10.6. The summed E-state index contributed by atoms with van der Waals surface area (Å²) in [4.78, 5) is 72.9. The van der Waals surface area contributed by atoms with Crippen LogP contribution in [-0.4, -0.2) is 96.7 Å². The number of ether oxygens (including phenoxy) is 4. The molecule has 17 nitrogen and oxygen atoms in total. The first-order valence-corrected chi connectivity index (χ1v) is 44.3. The Labute approximate surface area is 607 Å². The lowest BCUT2D eigenvalue weighted by atomic mass is 9.99. The van der Waals surface area contributed by atoms with Crippen LogP contribution in [-0.2, 0) is 65.4 Å². The minimum Gasteiger partial charge on any atom is -0.462 e. The molecular formula is C80H156O17P2. The van der Waals surface area contributed by atoms with Crippen molar-refractivity contribution in [3.63, 3.8) is 0 Å². The van der Waals surface area contributed by atoms with E-state index in [9.17, 15) is 43.2 Å². The Hall–Kier alpha value is -1.94. The van der Waals surface area contributed by atoms with Gasteiger partial charge in [0.25, 0.3) is 0 Å². The maximum atomic E-state index is 13.1. The van der Waals surface area contributed by atoms with Crippen molar-refractivity contribution in [1.82, 2.24) is 0 Å².